The number of halogens is 1. The highest BCUT2D eigenvalue weighted by Crippen LogP contribution is 2.42. The number of ether oxygens (including phenoxy) is 1. The molecular formula is C24H25FN2O3. The second-order valence-electron chi connectivity index (χ2n) is 7.66. The molecule has 0 aromatic heterocycles. The third-order valence-electron chi connectivity index (χ3n) is 5.67. The van der Waals surface area contributed by atoms with E-state index in [1.165, 1.54) is 17.0 Å². The monoisotopic (exact) mass is 408 g/mol. The first-order valence-corrected chi connectivity index (χ1v) is 10.1. The summed E-state index contributed by atoms with van der Waals surface area (Å²) >= 11 is 0. The predicted octanol–water partition coefficient (Wildman–Crippen LogP) is 4.44. The van der Waals surface area contributed by atoms with E-state index >= 15 is 0 Å². The van der Waals surface area contributed by atoms with Crippen molar-refractivity contribution >= 4 is 17.6 Å². The van der Waals surface area contributed by atoms with Gasteiger partial charge < -0.3 is 9.64 Å². The molecule has 0 unspecified atom stereocenters. The molecule has 0 spiro atoms. The summed E-state index contributed by atoms with van der Waals surface area (Å²) in [6.07, 6.45) is 3.15. The van der Waals surface area contributed by atoms with Crippen molar-refractivity contribution in [2.75, 3.05) is 18.1 Å². The van der Waals surface area contributed by atoms with Gasteiger partial charge in [-0.3, -0.25) is 9.59 Å². The zero-order valence-electron chi connectivity index (χ0n) is 17.1. The van der Waals surface area contributed by atoms with Crippen LogP contribution in [-0.4, -0.2) is 25.0 Å². The van der Waals surface area contributed by atoms with Gasteiger partial charge in [-0.15, -0.1) is 0 Å². The van der Waals surface area contributed by atoms with Gasteiger partial charge in [0.15, 0.2) is 6.61 Å². The molecule has 3 rings (SSSR count). The fourth-order valence-electron chi connectivity index (χ4n) is 3.99. The molecule has 0 N–H and O–H groups in total. The molecule has 1 aliphatic carbocycles. The average molecular weight is 408 g/mol. The third kappa shape index (κ3) is 4.68. The Morgan fingerprint density at radius 2 is 1.73 bits per heavy atom. The molecule has 0 saturated heterocycles. The van der Waals surface area contributed by atoms with Crippen LogP contribution in [0.4, 0.5) is 10.1 Å². The topological polar surface area (TPSA) is 70.4 Å². The Labute approximate surface area is 176 Å². The van der Waals surface area contributed by atoms with Gasteiger partial charge in [0.05, 0.1) is 17.9 Å². The van der Waals surface area contributed by atoms with Crippen LogP contribution in [0.3, 0.4) is 0 Å². The molecule has 0 aliphatic heterocycles. The highest BCUT2D eigenvalue weighted by atomic mass is 19.1. The van der Waals surface area contributed by atoms with Gasteiger partial charge in [0, 0.05) is 12.2 Å². The first-order chi connectivity index (χ1) is 14.5. The van der Waals surface area contributed by atoms with E-state index in [4.69, 9.17) is 10.00 Å². The number of carbonyl (C=O) groups is 2. The SMILES string of the molecule is Cc1ccc(N(CCC#N)C(=O)COC(=O)C2(c3ccc(F)cc3)CCCC2)cc1. The van der Waals surface area contributed by atoms with E-state index in [1.54, 1.807) is 12.1 Å². The summed E-state index contributed by atoms with van der Waals surface area (Å²) in [6, 6.07) is 15.4. The van der Waals surface area contributed by atoms with Gasteiger partial charge in [-0.25, -0.2) is 4.39 Å². The number of nitriles is 1. The molecule has 1 fully saturated rings. The molecule has 156 valence electrons. The zero-order chi connectivity index (χ0) is 21.6. The molecule has 0 radical (unpaired) electrons. The molecule has 0 bridgehead atoms. The Morgan fingerprint density at radius 1 is 1.10 bits per heavy atom. The molecule has 30 heavy (non-hydrogen) atoms. The van der Waals surface area contributed by atoms with Gasteiger partial charge in [-0.1, -0.05) is 42.7 Å². The van der Waals surface area contributed by atoms with E-state index in [0.717, 1.165) is 24.0 Å². The Balaban J connectivity index is 1.73. The van der Waals surface area contributed by atoms with Gasteiger partial charge >= 0.3 is 5.97 Å². The number of anilines is 1. The molecule has 2 aromatic carbocycles. The molecule has 2 aromatic rings. The number of carbonyl (C=O) groups excluding carboxylic acids is 2. The second-order valence-corrected chi connectivity index (χ2v) is 7.66. The van der Waals surface area contributed by atoms with Crippen molar-refractivity contribution in [1.82, 2.24) is 0 Å². The maximum Gasteiger partial charge on any atom is 0.317 e. The standard InChI is InChI=1S/C24H25FN2O3/c1-18-5-11-21(12-6-18)27(16-4-15-26)22(28)17-30-23(29)24(13-2-3-14-24)19-7-9-20(25)10-8-19/h5-12H,2-4,13-14,16-17H2,1H3. The van der Waals surface area contributed by atoms with Gasteiger partial charge in [0.2, 0.25) is 0 Å². The first kappa shape index (κ1) is 21.5. The molecule has 0 atom stereocenters. The van der Waals surface area contributed by atoms with Crippen molar-refractivity contribution < 1.29 is 18.7 Å². The molecule has 1 aliphatic rings. The van der Waals surface area contributed by atoms with Crippen LogP contribution in [0.5, 0.6) is 0 Å². The van der Waals surface area contributed by atoms with Gasteiger partial charge in [-0.2, -0.15) is 5.26 Å². The van der Waals surface area contributed by atoms with E-state index in [9.17, 15) is 14.0 Å². The second kappa shape index (κ2) is 9.53. The van der Waals surface area contributed by atoms with Crippen LogP contribution in [0, 0.1) is 24.1 Å². The largest absolute Gasteiger partial charge is 0.455 e. The van der Waals surface area contributed by atoms with E-state index < -0.39 is 18.0 Å². The summed E-state index contributed by atoms with van der Waals surface area (Å²) in [5, 5.41) is 8.93. The minimum Gasteiger partial charge on any atom is -0.455 e. The molecule has 1 saturated carbocycles. The first-order valence-electron chi connectivity index (χ1n) is 10.1. The van der Waals surface area contributed by atoms with Gasteiger partial charge in [0.1, 0.15) is 5.82 Å². The van der Waals surface area contributed by atoms with Crippen molar-refractivity contribution in [3.8, 4) is 6.07 Å². The maximum atomic E-state index is 13.3. The quantitative estimate of drug-likeness (QED) is 0.635. The fraction of sp³-hybridized carbons (Fsp3) is 0.375. The van der Waals surface area contributed by atoms with Crippen LogP contribution in [-0.2, 0) is 19.7 Å². The minimum absolute atomic E-state index is 0.174. The summed E-state index contributed by atoms with van der Waals surface area (Å²) < 4.78 is 18.8. The van der Waals surface area contributed by atoms with Gasteiger partial charge in [0.25, 0.3) is 5.91 Å². The van der Waals surface area contributed by atoms with E-state index in [0.29, 0.717) is 18.5 Å². The Kier molecular flexibility index (Phi) is 6.83. The van der Waals surface area contributed by atoms with Crippen LogP contribution in [0.25, 0.3) is 0 Å². The predicted molar refractivity (Wildman–Crippen MR) is 111 cm³/mol. The lowest BCUT2D eigenvalue weighted by atomic mass is 9.79. The molecule has 1 amide bonds. The van der Waals surface area contributed by atoms with Crippen molar-refractivity contribution in [2.45, 2.75) is 44.4 Å². The number of amides is 1. The van der Waals surface area contributed by atoms with Crippen LogP contribution in [0.2, 0.25) is 0 Å². The highest BCUT2D eigenvalue weighted by molar-refractivity contribution is 5.96. The number of aryl methyl sites for hydroxylation is 1. The number of benzene rings is 2. The number of hydrogen-bond donors (Lipinski definition) is 0. The minimum atomic E-state index is -0.838. The number of nitrogens with zero attached hydrogens (tertiary/aromatic N) is 2. The normalized spacial score (nSPS) is 14.7. The summed E-state index contributed by atoms with van der Waals surface area (Å²) in [6.45, 7) is 1.77. The lowest BCUT2D eigenvalue weighted by molar-refractivity contribution is -0.153. The summed E-state index contributed by atoms with van der Waals surface area (Å²) in [7, 11) is 0. The van der Waals surface area contributed by atoms with Gasteiger partial charge in [-0.05, 0) is 49.6 Å². The molecular weight excluding hydrogens is 383 g/mol. The van der Waals surface area contributed by atoms with Crippen LogP contribution in [0.15, 0.2) is 48.5 Å². The zero-order valence-corrected chi connectivity index (χ0v) is 17.1. The maximum absolute atomic E-state index is 13.3. The van der Waals surface area contributed by atoms with Crippen LogP contribution < -0.4 is 4.90 Å². The Hall–Kier alpha value is -3.20. The molecule has 5 nitrogen and oxygen atoms in total. The Bertz CT molecular complexity index is 926. The lowest BCUT2D eigenvalue weighted by Crippen LogP contribution is -2.39. The van der Waals surface area contributed by atoms with Crippen LogP contribution >= 0.6 is 0 Å². The van der Waals surface area contributed by atoms with E-state index in [-0.39, 0.29) is 24.7 Å². The van der Waals surface area contributed by atoms with Crippen LogP contribution in [0.1, 0.15) is 43.2 Å². The average Bonchev–Trinajstić information content (AvgIpc) is 3.25. The third-order valence-corrected chi connectivity index (χ3v) is 5.67. The summed E-state index contributed by atoms with van der Waals surface area (Å²) in [5.41, 5.74) is 1.60. The van der Waals surface area contributed by atoms with Crippen molar-refractivity contribution in [3.05, 3.63) is 65.5 Å². The molecule has 0 heterocycles. The summed E-state index contributed by atoms with van der Waals surface area (Å²) in [5.74, 6) is -1.19. The fourth-order valence-corrected chi connectivity index (χ4v) is 3.99. The molecule has 6 heteroatoms. The lowest BCUT2D eigenvalue weighted by Gasteiger charge is -2.28. The number of esters is 1. The van der Waals surface area contributed by atoms with Crippen molar-refractivity contribution in [2.24, 2.45) is 0 Å². The number of rotatable bonds is 7. The number of hydrogen-bond acceptors (Lipinski definition) is 4. The van der Waals surface area contributed by atoms with E-state index in [2.05, 4.69) is 0 Å². The van der Waals surface area contributed by atoms with Crippen molar-refractivity contribution in [3.63, 3.8) is 0 Å². The van der Waals surface area contributed by atoms with E-state index in [1.807, 2.05) is 37.3 Å². The smallest absolute Gasteiger partial charge is 0.317 e. The highest BCUT2D eigenvalue weighted by Gasteiger charge is 2.44. The van der Waals surface area contributed by atoms with Crippen molar-refractivity contribution in [1.29, 1.82) is 5.26 Å². The Morgan fingerprint density at radius 3 is 2.33 bits per heavy atom. The summed E-state index contributed by atoms with van der Waals surface area (Å²) in [4.78, 5) is 27.3.